The number of carbonyl (C=O) groups is 3. The first-order valence-electron chi connectivity index (χ1n) is 7.96. The number of hydrogen-bond donors (Lipinski definition) is 1. The van der Waals surface area contributed by atoms with E-state index in [-0.39, 0.29) is 37.5 Å². The van der Waals surface area contributed by atoms with Gasteiger partial charge >= 0.3 is 0 Å². The summed E-state index contributed by atoms with van der Waals surface area (Å²) in [5.74, 6) is -0.935. The van der Waals surface area contributed by atoms with Gasteiger partial charge in [0.15, 0.2) is 0 Å². The molecular formula is C19H18N2O4. The standard InChI is InChI=1S/C19H18N2O4/c1-13-5-4-6-14(11-13)20-17(22)12-25-10-9-21-18(23)15-7-2-3-8-16(15)19(21)24/h2-8,11H,9-10,12H2,1H3,(H,20,22). The number of carbonyl (C=O) groups excluding carboxylic acids is 3. The highest BCUT2D eigenvalue weighted by Gasteiger charge is 2.34. The predicted molar refractivity (Wildman–Crippen MR) is 92.4 cm³/mol. The Labute approximate surface area is 145 Å². The topological polar surface area (TPSA) is 75.7 Å². The summed E-state index contributed by atoms with van der Waals surface area (Å²) in [4.78, 5) is 37.3. The summed E-state index contributed by atoms with van der Waals surface area (Å²) in [6, 6.07) is 14.2. The van der Waals surface area contributed by atoms with Crippen molar-refractivity contribution in [2.24, 2.45) is 0 Å². The van der Waals surface area contributed by atoms with Gasteiger partial charge in [-0.3, -0.25) is 19.3 Å². The van der Waals surface area contributed by atoms with Crippen molar-refractivity contribution in [2.75, 3.05) is 25.1 Å². The molecule has 0 unspecified atom stereocenters. The Kier molecular flexibility index (Phi) is 4.90. The highest BCUT2D eigenvalue weighted by Crippen LogP contribution is 2.21. The van der Waals surface area contributed by atoms with Crippen molar-refractivity contribution in [2.45, 2.75) is 6.92 Å². The first kappa shape index (κ1) is 16.9. The number of aryl methyl sites for hydroxylation is 1. The van der Waals surface area contributed by atoms with Crippen molar-refractivity contribution in [1.29, 1.82) is 0 Å². The first-order chi connectivity index (χ1) is 12.1. The molecule has 2 aromatic rings. The van der Waals surface area contributed by atoms with Crippen LogP contribution < -0.4 is 5.32 Å². The minimum atomic E-state index is -0.326. The minimum absolute atomic E-state index is 0.104. The maximum atomic E-state index is 12.2. The Morgan fingerprint density at radius 3 is 2.36 bits per heavy atom. The van der Waals surface area contributed by atoms with Gasteiger partial charge in [0.2, 0.25) is 5.91 Å². The number of benzene rings is 2. The molecule has 0 bridgehead atoms. The molecule has 0 radical (unpaired) electrons. The Morgan fingerprint density at radius 2 is 1.72 bits per heavy atom. The molecule has 3 rings (SSSR count). The zero-order valence-electron chi connectivity index (χ0n) is 13.8. The third-order valence-corrected chi connectivity index (χ3v) is 3.87. The van der Waals surface area contributed by atoms with Crippen LogP contribution in [0.25, 0.3) is 0 Å². The van der Waals surface area contributed by atoms with E-state index in [0.29, 0.717) is 16.8 Å². The Bertz CT molecular complexity index is 797. The maximum Gasteiger partial charge on any atom is 0.261 e. The quantitative estimate of drug-likeness (QED) is 0.647. The van der Waals surface area contributed by atoms with Gasteiger partial charge in [0.05, 0.1) is 24.3 Å². The first-order valence-corrected chi connectivity index (χ1v) is 7.96. The number of nitrogens with zero attached hydrogens (tertiary/aromatic N) is 1. The Hall–Kier alpha value is -2.99. The highest BCUT2D eigenvalue weighted by atomic mass is 16.5. The van der Waals surface area contributed by atoms with Crippen LogP contribution in [0.2, 0.25) is 0 Å². The van der Waals surface area contributed by atoms with E-state index < -0.39 is 0 Å². The van der Waals surface area contributed by atoms with Crippen molar-refractivity contribution in [3.8, 4) is 0 Å². The van der Waals surface area contributed by atoms with Crippen molar-refractivity contribution in [1.82, 2.24) is 4.90 Å². The second-order valence-corrected chi connectivity index (χ2v) is 5.78. The van der Waals surface area contributed by atoms with Gasteiger partial charge in [-0.05, 0) is 36.8 Å². The molecule has 25 heavy (non-hydrogen) atoms. The third kappa shape index (κ3) is 3.75. The highest BCUT2D eigenvalue weighted by molar-refractivity contribution is 6.21. The van der Waals surface area contributed by atoms with Crippen LogP contribution in [-0.2, 0) is 9.53 Å². The summed E-state index contributed by atoms with van der Waals surface area (Å²) >= 11 is 0. The molecule has 6 heteroatoms. The van der Waals surface area contributed by atoms with E-state index in [1.807, 2.05) is 25.1 Å². The molecule has 0 fully saturated rings. The molecule has 128 valence electrons. The van der Waals surface area contributed by atoms with E-state index in [2.05, 4.69) is 5.32 Å². The van der Waals surface area contributed by atoms with Crippen LogP contribution in [0.1, 0.15) is 26.3 Å². The van der Waals surface area contributed by atoms with E-state index in [0.717, 1.165) is 10.5 Å². The van der Waals surface area contributed by atoms with Crippen molar-refractivity contribution < 1.29 is 19.1 Å². The molecule has 3 amide bonds. The summed E-state index contributed by atoms with van der Waals surface area (Å²) < 4.78 is 5.30. The normalized spacial score (nSPS) is 13.1. The van der Waals surface area contributed by atoms with Gasteiger partial charge in [-0.25, -0.2) is 0 Å². The van der Waals surface area contributed by atoms with Gasteiger partial charge in [0.25, 0.3) is 11.8 Å². The summed E-state index contributed by atoms with van der Waals surface area (Å²) in [6.07, 6.45) is 0. The van der Waals surface area contributed by atoms with Gasteiger partial charge < -0.3 is 10.1 Å². The molecule has 0 atom stereocenters. The zero-order chi connectivity index (χ0) is 17.8. The van der Waals surface area contributed by atoms with E-state index >= 15 is 0 Å². The van der Waals surface area contributed by atoms with Gasteiger partial charge in [0.1, 0.15) is 6.61 Å². The van der Waals surface area contributed by atoms with Crippen LogP contribution in [0.5, 0.6) is 0 Å². The minimum Gasteiger partial charge on any atom is -0.370 e. The lowest BCUT2D eigenvalue weighted by molar-refractivity contribution is -0.120. The van der Waals surface area contributed by atoms with Gasteiger partial charge in [0, 0.05) is 5.69 Å². The number of fused-ring (bicyclic) bond motifs is 1. The monoisotopic (exact) mass is 338 g/mol. The summed E-state index contributed by atoms with van der Waals surface area (Å²) in [5, 5.41) is 2.73. The summed E-state index contributed by atoms with van der Waals surface area (Å²) in [5.41, 5.74) is 2.56. The molecule has 2 aromatic carbocycles. The van der Waals surface area contributed by atoms with Gasteiger partial charge in [-0.2, -0.15) is 0 Å². The summed E-state index contributed by atoms with van der Waals surface area (Å²) in [6.45, 7) is 2.02. The van der Waals surface area contributed by atoms with Crippen LogP contribution in [0, 0.1) is 6.92 Å². The van der Waals surface area contributed by atoms with E-state index in [4.69, 9.17) is 4.74 Å². The van der Waals surface area contributed by atoms with Crippen molar-refractivity contribution in [3.05, 3.63) is 65.2 Å². The molecule has 0 saturated heterocycles. The van der Waals surface area contributed by atoms with Crippen LogP contribution in [0.15, 0.2) is 48.5 Å². The fraction of sp³-hybridized carbons (Fsp3) is 0.211. The number of nitrogens with one attached hydrogen (secondary N) is 1. The van der Waals surface area contributed by atoms with Crippen molar-refractivity contribution in [3.63, 3.8) is 0 Å². The zero-order valence-corrected chi connectivity index (χ0v) is 13.8. The average Bonchev–Trinajstić information content (AvgIpc) is 2.84. The molecular weight excluding hydrogens is 320 g/mol. The number of ether oxygens (including phenoxy) is 1. The van der Waals surface area contributed by atoms with Gasteiger partial charge in [-0.1, -0.05) is 24.3 Å². The van der Waals surface area contributed by atoms with E-state index in [1.54, 1.807) is 30.3 Å². The van der Waals surface area contributed by atoms with Crippen LogP contribution in [0.4, 0.5) is 5.69 Å². The Balaban J connectivity index is 1.45. The number of imide groups is 1. The smallest absolute Gasteiger partial charge is 0.261 e. The number of rotatable bonds is 6. The maximum absolute atomic E-state index is 12.2. The molecule has 1 N–H and O–H groups in total. The third-order valence-electron chi connectivity index (χ3n) is 3.87. The molecule has 6 nitrogen and oxygen atoms in total. The van der Waals surface area contributed by atoms with Crippen LogP contribution in [0.3, 0.4) is 0 Å². The molecule has 1 aliphatic rings. The molecule has 1 aliphatic heterocycles. The number of hydrogen-bond acceptors (Lipinski definition) is 4. The van der Waals surface area contributed by atoms with Crippen LogP contribution >= 0.6 is 0 Å². The summed E-state index contributed by atoms with van der Waals surface area (Å²) in [7, 11) is 0. The molecule has 0 aliphatic carbocycles. The second-order valence-electron chi connectivity index (χ2n) is 5.78. The van der Waals surface area contributed by atoms with Crippen molar-refractivity contribution >= 4 is 23.4 Å². The second kappa shape index (κ2) is 7.27. The number of anilines is 1. The van der Waals surface area contributed by atoms with Crippen LogP contribution in [-0.4, -0.2) is 42.4 Å². The predicted octanol–water partition coefficient (Wildman–Crippen LogP) is 2.25. The molecule has 1 heterocycles. The average molecular weight is 338 g/mol. The van der Waals surface area contributed by atoms with Gasteiger partial charge in [-0.15, -0.1) is 0 Å². The molecule has 0 aromatic heterocycles. The molecule has 0 saturated carbocycles. The lowest BCUT2D eigenvalue weighted by Gasteiger charge is -2.13. The fourth-order valence-corrected chi connectivity index (χ4v) is 2.68. The molecule has 0 spiro atoms. The fourth-order valence-electron chi connectivity index (χ4n) is 2.68. The van der Waals surface area contributed by atoms with E-state index in [1.165, 1.54) is 0 Å². The number of amides is 3. The Morgan fingerprint density at radius 1 is 1.04 bits per heavy atom. The van der Waals surface area contributed by atoms with E-state index in [9.17, 15) is 14.4 Å². The lowest BCUT2D eigenvalue weighted by Crippen LogP contribution is -2.33. The SMILES string of the molecule is Cc1cccc(NC(=O)COCCN2C(=O)c3ccccc3C2=O)c1. The largest absolute Gasteiger partial charge is 0.370 e. The lowest BCUT2D eigenvalue weighted by atomic mass is 10.1.